The van der Waals surface area contributed by atoms with Gasteiger partial charge in [-0.05, 0) is 31.2 Å². The standard InChI is InChI=1S/C16H22N2O3/c19-15(18-10-4-5-11-18)12-17-14(16(20)21)9-8-13-6-2-1-3-7-13/h1-3,6-7,14,17H,4-5,8-12H2,(H,20,21). The van der Waals surface area contributed by atoms with Crippen molar-refractivity contribution < 1.29 is 14.7 Å². The van der Waals surface area contributed by atoms with Crippen LogP contribution in [-0.2, 0) is 16.0 Å². The molecule has 1 aliphatic rings. The molecule has 1 aromatic rings. The molecule has 1 unspecified atom stereocenters. The van der Waals surface area contributed by atoms with Crippen LogP contribution in [0.3, 0.4) is 0 Å². The maximum atomic E-state index is 11.9. The second kappa shape index (κ2) is 7.78. The first-order valence-corrected chi connectivity index (χ1v) is 7.44. The van der Waals surface area contributed by atoms with Gasteiger partial charge >= 0.3 is 5.97 Å². The Morgan fingerprint density at radius 2 is 1.86 bits per heavy atom. The van der Waals surface area contributed by atoms with E-state index in [1.165, 1.54) is 0 Å². The molecule has 1 atom stereocenters. The SMILES string of the molecule is O=C(O)C(CCc1ccccc1)NCC(=O)N1CCCC1. The second-order valence-corrected chi connectivity index (χ2v) is 5.38. The fraction of sp³-hybridized carbons (Fsp3) is 0.500. The van der Waals surface area contributed by atoms with Crippen LogP contribution in [0.15, 0.2) is 30.3 Å². The lowest BCUT2D eigenvalue weighted by Crippen LogP contribution is -2.44. The number of hydrogen-bond acceptors (Lipinski definition) is 3. The van der Waals surface area contributed by atoms with Crippen LogP contribution in [0.4, 0.5) is 0 Å². The molecule has 21 heavy (non-hydrogen) atoms. The third kappa shape index (κ3) is 4.86. The monoisotopic (exact) mass is 290 g/mol. The Kier molecular flexibility index (Phi) is 5.75. The number of likely N-dealkylation sites (tertiary alicyclic amines) is 1. The Morgan fingerprint density at radius 3 is 2.48 bits per heavy atom. The maximum absolute atomic E-state index is 11.9. The summed E-state index contributed by atoms with van der Waals surface area (Å²) in [6, 6.07) is 9.09. The smallest absolute Gasteiger partial charge is 0.320 e. The van der Waals surface area contributed by atoms with Crippen molar-refractivity contribution in [1.82, 2.24) is 10.2 Å². The molecule has 0 bridgehead atoms. The first kappa shape index (κ1) is 15.5. The Bertz CT molecular complexity index is 470. The van der Waals surface area contributed by atoms with Gasteiger partial charge in [0.05, 0.1) is 6.54 Å². The van der Waals surface area contributed by atoms with Gasteiger partial charge in [-0.25, -0.2) is 0 Å². The van der Waals surface area contributed by atoms with E-state index in [-0.39, 0.29) is 12.5 Å². The molecule has 1 heterocycles. The number of carbonyl (C=O) groups is 2. The normalized spacial score (nSPS) is 15.9. The Labute approximate surface area is 125 Å². The van der Waals surface area contributed by atoms with E-state index in [1.54, 1.807) is 4.90 Å². The molecule has 1 saturated heterocycles. The van der Waals surface area contributed by atoms with Crippen molar-refractivity contribution in [1.29, 1.82) is 0 Å². The van der Waals surface area contributed by atoms with Gasteiger partial charge in [-0.3, -0.25) is 14.9 Å². The largest absolute Gasteiger partial charge is 0.480 e. The highest BCUT2D eigenvalue weighted by Gasteiger charge is 2.21. The summed E-state index contributed by atoms with van der Waals surface area (Å²) in [5.41, 5.74) is 1.11. The number of benzene rings is 1. The molecular formula is C16H22N2O3. The van der Waals surface area contributed by atoms with Crippen molar-refractivity contribution in [3.05, 3.63) is 35.9 Å². The number of aryl methyl sites for hydroxylation is 1. The van der Waals surface area contributed by atoms with Crippen LogP contribution in [0, 0.1) is 0 Å². The van der Waals surface area contributed by atoms with E-state index in [1.807, 2.05) is 30.3 Å². The van der Waals surface area contributed by atoms with Crippen LogP contribution in [-0.4, -0.2) is 47.6 Å². The number of hydrogen-bond donors (Lipinski definition) is 2. The third-order valence-corrected chi connectivity index (χ3v) is 3.82. The molecule has 1 aliphatic heterocycles. The number of aliphatic carboxylic acids is 1. The zero-order valence-corrected chi connectivity index (χ0v) is 12.1. The molecule has 114 valence electrons. The van der Waals surface area contributed by atoms with Crippen molar-refractivity contribution in [2.45, 2.75) is 31.7 Å². The Balaban J connectivity index is 1.79. The molecule has 1 amide bonds. The summed E-state index contributed by atoms with van der Waals surface area (Å²) in [4.78, 5) is 25.0. The zero-order chi connectivity index (χ0) is 15.1. The van der Waals surface area contributed by atoms with Crippen LogP contribution in [0.2, 0.25) is 0 Å². The molecule has 2 N–H and O–H groups in total. The highest BCUT2D eigenvalue weighted by molar-refractivity contribution is 5.80. The van der Waals surface area contributed by atoms with Crippen LogP contribution in [0.1, 0.15) is 24.8 Å². The van der Waals surface area contributed by atoms with E-state index >= 15 is 0 Å². The third-order valence-electron chi connectivity index (χ3n) is 3.82. The molecule has 1 fully saturated rings. The molecule has 5 heteroatoms. The number of carboxylic acids is 1. The molecule has 5 nitrogen and oxygen atoms in total. The first-order valence-electron chi connectivity index (χ1n) is 7.44. The fourth-order valence-corrected chi connectivity index (χ4v) is 2.56. The van der Waals surface area contributed by atoms with Gasteiger partial charge in [0.25, 0.3) is 0 Å². The predicted octanol–water partition coefficient (Wildman–Crippen LogP) is 1.28. The number of carboxylic acid groups (broad SMARTS) is 1. The molecule has 0 saturated carbocycles. The van der Waals surface area contributed by atoms with Gasteiger partial charge in [0.2, 0.25) is 5.91 Å². The van der Waals surface area contributed by atoms with Gasteiger partial charge in [0, 0.05) is 13.1 Å². The lowest BCUT2D eigenvalue weighted by molar-refractivity contribution is -0.139. The van der Waals surface area contributed by atoms with E-state index in [9.17, 15) is 14.7 Å². The number of carbonyl (C=O) groups excluding carboxylic acids is 1. The van der Waals surface area contributed by atoms with E-state index in [2.05, 4.69) is 5.32 Å². The molecule has 0 aliphatic carbocycles. The zero-order valence-electron chi connectivity index (χ0n) is 12.1. The molecule has 2 rings (SSSR count). The summed E-state index contributed by atoms with van der Waals surface area (Å²) in [6.45, 7) is 1.69. The summed E-state index contributed by atoms with van der Waals surface area (Å²) in [7, 11) is 0. The number of nitrogens with one attached hydrogen (secondary N) is 1. The van der Waals surface area contributed by atoms with E-state index in [0.29, 0.717) is 12.8 Å². The van der Waals surface area contributed by atoms with Crippen LogP contribution < -0.4 is 5.32 Å². The fourth-order valence-electron chi connectivity index (χ4n) is 2.56. The lowest BCUT2D eigenvalue weighted by atomic mass is 10.1. The van der Waals surface area contributed by atoms with Crippen LogP contribution in [0.5, 0.6) is 0 Å². The summed E-state index contributed by atoms with van der Waals surface area (Å²) < 4.78 is 0. The van der Waals surface area contributed by atoms with Crippen LogP contribution in [0.25, 0.3) is 0 Å². The van der Waals surface area contributed by atoms with Crippen molar-refractivity contribution in [2.75, 3.05) is 19.6 Å². The first-order chi connectivity index (χ1) is 10.2. The highest BCUT2D eigenvalue weighted by atomic mass is 16.4. The quantitative estimate of drug-likeness (QED) is 0.794. The average molecular weight is 290 g/mol. The van der Waals surface area contributed by atoms with Crippen LogP contribution >= 0.6 is 0 Å². The summed E-state index contributed by atoms with van der Waals surface area (Å²) in [5, 5.41) is 12.1. The number of rotatable bonds is 7. The maximum Gasteiger partial charge on any atom is 0.320 e. The second-order valence-electron chi connectivity index (χ2n) is 5.38. The average Bonchev–Trinajstić information content (AvgIpc) is 3.02. The number of amides is 1. The van der Waals surface area contributed by atoms with Crippen molar-refractivity contribution >= 4 is 11.9 Å². The van der Waals surface area contributed by atoms with Gasteiger partial charge in [-0.1, -0.05) is 30.3 Å². The summed E-state index contributed by atoms with van der Waals surface area (Å²) in [6.07, 6.45) is 3.25. The van der Waals surface area contributed by atoms with E-state index in [0.717, 1.165) is 31.5 Å². The Hall–Kier alpha value is -1.88. The van der Waals surface area contributed by atoms with Gasteiger partial charge in [0.1, 0.15) is 6.04 Å². The predicted molar refractivity (Wildman–Crippen MR) is 80.0 cm³/mol. The number of nitrogens with zero attached hydrogens (tertiary/aromatic N) is 1. The van der Waals surface area contributed by atoms with E-state index in [4.69, 9.17) is 0 Å². The Morgan fingerprint density at radius 1 is 1.19 bits per heavy atom. The van der Waals surface area contributed by atoms with Gasteiger partial charge in [-0.15, -0.1) is 0 Å². The lowest BCUT2D eigenvalue weighted by Gasteiger charge is -2.18. The van der Waals surface area contributed by atoms with Gasteiger partial charge < -0.3 is 10.0 Å². The minimum Gasteiger partial charge on any atom is -0.480 e. The van der Waals surface area contributed by atoms with E-state index < -0.39 is 12.0 Å². The minimum atomic E-state index is -0.903. The topological polar surface area (TPSA) is 69.6 Å². The minimum absolute atomic E-state index is 0.00142. The molecule has 1 aromatic carbocycles. The van der Waals surface area contributed by atoms with Crippen molar-refractivity contribution in [3.63, 3.8) is 0 Å². The molecular weight excluding hydrogens is 268 g/mol. The van der Waals surface area contributed by atoms with Gasteiger partial charge in [0.15, 0.2) is 0 Å². The molecule has 0 aromatic heterocycles. The highest BCUT2D eigenvalue weighted by Crippen LogP contribution is 2.08. The summed E-state index contributed by atoms with van der Waals surface area (Å²) in [5.74, 6) is -0.904. The van der Waals surface area contributed by atoms with Gasteiger partial charge in [-0.2, -0.15) is 0 Å². The summed E-state index contributed by atoms with van der Waals surface area (Å²) >= 11 is 0. The van der Waals surface area contributed by atoms with Crippen molar-refractivity contribution in [3.8, 4) is 0 Å². The molecule has 0 spiro atoms. The molecule has 0 radical (unpaired) electrons. The van der Waals surface area contributed by atoms with Crippen molar-refractivity contribution in [2.24, 2.45) is 0 Å².